The number of rotatable bonds is 5. The van der Waals surface area contributed by atoms with Crippen molar-refractivity contribution in [2.24, 2.45) is 0 Å². The highest BCUT2D eigenvalue weighted by atomic mass is 15.1. The second kappa shape index (κ2) is 6.23. The van der Waals surface area contributed by atoms with E-state index in [1.807, 2.05) is 6.33 Å². The van der Waals surface area contributed by atoms with E-state index < -0.39 is 0 Å². The zero-order chi connectivity index (χ0) is 13.8. The Balaban J connectivity index is 1.75. The van der Waals surface area contributed by atoms with Gasteiger partial charge < -0.3 is 9.88 Å². The molecule has 3 rings (SSSR count). The molecular formula is C17H23N3. The minimum atomic E-state index is 0.947. The minimum Gasteiger partial charge on any atom is -0.330 e. The third-order valence-electron chi connectivity index (χ3n) is 4.03. The Morgan fingerprint density at radius 1 is 1.20 bits per heavy atom. The van der Waals surface area contributed by atoms with Crippen LogP contribution in [0.3, 0.4) is 0 Å². The average Bonchev–Trinajstić information content (AvgIpc) is 2.89. The summed E-state index contributed by atoms with van der Waals surface area (Å²) in [5.74, 6) is 0. The summed E-state index contributed by atoms with van der Waals surface area (Å²) in [7, 11) is 0. The Kier molecular flexibility index (Phi) is 4.16. The van der Waals surface area contributed by atoms with Crippen LogP contribution in [0.15, 0.2) is 30.6 Å². The maximum atomic E-state index is 4.58. The molecule has 0 unspecified atom stereocenters. The highest BCUT2D eigenvalue weighted by Gasteiger charge is 2.15. The fourth-order valence-corrected chi connectivity index (χ4v) is 2.97. The molecule has 0 aliphatic heterocycles. The zero-order valence-corrected chi connectivity index (χ0v) is 12.2. The molecule has 1 N–H and O–H groups in total. The van der Waals surface area contributed by atoms with Crippen molar-refractivity contribution in [3.63, 3.8) is 0 Å². The van der Waals surface area contributed by atoms with Crippen LogP contribution in [0.1, 0.15) is 42.3 Å². The van der Waals surface area contributed by atoms with Crippen LogP contribution in [-0.2, 0) is 25.9 Å². The first kappa shape index (κ1) is 13.4. The quantitative estimate of drug-likeness (QED) is 0.904. The fourth-order valence-electron chi connectivity index (χ4n) is 2.97. The predicted octanol–water partition coefficient (Wildman–Crippen LogP) is 2.92. The van der Waals surface area contributed by atoms with Crippen LogP contribution in [0.4, 0.5) is 0 Å². The van der Waals surface area contributed by atoms with Gasteiger partial charge in [0.25, 0.3) is 0 Å². The number of hydrogen-bond acceptors (Lipinski definition) is 2. The number of nitrogens with zero attached hydrogens (tertiary/aromatic N) is 2. The normalized spacial score (nSPS) is 14.2. The fraction of sp³-hybridized carbons (Fsp3) is 0.471. The molecule has 1 aromatic heterocycles. The lowest BCUT2D eigenvalue weighted by Crippen LogP contribution is -2.12. The molecule has 0 fully saturated rings. The molecule has 0 saturated heterocycles. The standard InChI is InChI=1S/C17H23N3/c1-2-18-11-14-6-5-7-15(10-14)12-20-13-19-16-8-3-4-9-17(16)20/h5-7,10,13,18H,2-4,8-9,11-12H2,1H3. The van der Waals surface area contributed by atoms with E-state index in [1.54, 1.807) is 0 Å². The van der Waals surface area contributed by atoms with Gasteiger partial charge in [0.05, 0.1) is 12.0 Å². The summed E-state index contributed by atoms with van der Waals surface area (Å²) < 4.78 is 2.33. The molecule has 3 nitrogen and oxygen atoms in total. The Morgan fingerprint density at radius 2 is 2.05 bits per heavy atom. The lowest BCUT2D eigenvalue weighted by molar-refractivity contribution is 0.628. The predicted molar refractivity (Wildman–Crippen MR) is 81.8 cm³/mol. The van der Waals surface area contributed by atoms with E-state index in [9.17, 15) is 0 Å². The Bertz CT molecular complexity index is 571. The third kappa shape index (κ3) is 2.93. The summed E-state index contributed by atoms with van der Waals surface area (Å²) >= 11 is 0. The monoisotopic (exact) mass is 269 g/mol. The van der Waals surface area contributed by atoms with Gasteiger partial charge in [-0.3, -0.25) is 0 Å². The Hall–Kier alpha value is -1.61. The van der Waals surface area contributed by atoms with Crippen LogP contribution in [0.25, 0.3) is 0 Å². The molecule has 0 radical (unpaired) electrons. The van der Waals surface area contributed by atoms with Gasteiger partial charge in [-0.25, -0.2) is 4.98 Å². The van der Waals surface area contributed by atoms with Crippen LogP contribution >= 0.6 is 0 Å². The van der Waals surface area contributed by atoms with Gasteiger partial charge >= 0.3 is 0 Å². The lowest BCUT2D eigenvalue weighted by Gasteiger charge is -2.14. The highest BCUT2D eigenvalue weighted by molar-refractivity contribution is 5.25. The summed E-state index contributed by atoms with van der Waals surface area (Å²) in [4.78, 5) is 4.58. The van der Waals surface area contributed by atoms with Crippen molar-refractivity contribution in [3.8, 4) is 0 Å². The third-order valence-corrected chi connectivity index (χ3v) is 4.03. The smallest absolute Gasteiger partial charge is 0.0954 e. The number of fused-ring (bicyclic) bond motifs is 1. The van der Waals surface area contributed by atoms with Crippen molar-refractivity contribution in [2.45, 2.75) is 45.7 Å². The first-order chi connectivity index (χ1) is 9.86. The first-order valence-corrected chi connectivity index (χ1v) is 7.68. The van der Waals surface area contributed by atoms with Crippen molar-refractivity contribution in [2.75, 3.05) is 6.54 Å². The first-order valence-electron chi connectivity index (χ1n) is 7.68. The second-order valence-corrected chi connectivity index (χ2v) is 5.57. The van der Waals surface area contributed by atoms with Crippen molar-refractivity contribution in [1.82, 2.24) is 14.9 Å². The average molecular weight is 269 g/mol. The van der Waals surface area contributed by atoms with Crippen molar-refractivity contribution >= 4 is 0 Å². The van der Waals surface area contributed by atoms with Gasteiger partial charge in [0.15, 0.2) is 0 Å². The molecule has 3 heteroatoms. The van der Waals surface area contributed by atoms with Crippen molar-refractivity contribution in [1.29, 1.82) is 0 Å². The van der Waals surface area contributed by atoms with Crippen LogP contribution in [-0.4, -0.2) is 16.1 Å². The van der Waals surface area contributed by atoms with Crippen LogP contribution in [0.2, 0.25) is 0 Å². The minimum absolute atomic E-state index is 0.947. The number of aromatic nitrogens is 2. The van der Waals surface area contributed by atoms with E-state index >= 15 is 0 Å². The van der Waals surface area contributed by atoms with E-state index in [1.165, 1.54) is 41.8 Å². The highest BCUT2D eigenvalue weighted by Crippen LogP contribution is 2.21. The van der Waals surface area contributed by atoms with Crippen LogP contribution < -0.4 is 5.32 Å². The second-order valence-electron chi connectivity index (χ2n) is 5.57. The maximum Gasteiger partial charge on any atom is 0.0954 e. The van der Waals surface area contributed by atoms with Crippen LogP contribution in [0, 0.1) is 0 Å². The van der Waals surface area contributed by atoms with Gasteiger partial charge in [-0.15, -0.1) is 0 Å². The molecule has 0 spiro atoms. The molecule has 106 valence electrons. The number of aryl methyl sites for hydroxylation is 1. The molecule has 1 heterocycles. The summed E-state index contributed by atoms with van der Waals surface area (Å²) in [6, 6.07) is 8.86. The summed E-state index contributed by atoms with van der Waals surface area (Å²) in [6.45, 7) is 5.05. The molecule has 0 atom stereocenters. The molecule has 1 aliphatic rings. The van der Waals surface area contributed by atoms with Gasteiger partial charge in [-0.05, 0) is 43.4 Å². The maximum absolute atomic E-state index is 4.58. The topological polar surface area (TPSA) is 29.9 Å². The molecule has 1 aromatic carbocycles. The van der Waals surface area contributed by atoms with Crippen LogP contribution in [0.5, 0.6) is 0 Å². The summed E-state index contributed by atoms with van der Waals surface area (Å²) in [5, 5.41) is 3.38. The molecular weight excluding hydrogens is 246 g/mol. The van der Waals surface area contributed by atoms with E-state index in [2.05, 4.69) is 46.1 Å². The largest absolute Gasteiger partial charge is 0.330 e. The number of imidazole rings is 1. The summed E-state index contributed by atoms with van der Waals surface area (Å²) in [6.07, 6.45) is 6.96. The number of nitrogens with one attached hydrogen (secondary N) is 1. The van der Waals surface area contributed by atoms with Crippen molar-refractivity contribution < 1.29 is 0 Å². The molecule has 0 saturated carbocycles. The van der Waals surface area contributed by atoms with E-state index in [4.69, 9.17) is 0 Å². The zero-order valence-electron chi connectivity index (χ0n) is 12.2. The van der Waals surface area contributed by atoms with E-state index in [0.717, 1.165) is 26.1 Å². The molecule has 1 aliphatic carbocycles. The van der Waals surface area contributed by atoms with Gasteiger partial charge in [0, 0.05) is 18.8 Å². The van der Waals surface area contributed by atoms with Gasteiger partial charge in [0.2, 0.25) is 0 Å². The van der Waals surface area contributed by atoms with Crippen molar-refractivity contribution in [3.05, 3.63) is 53.1 Å². The lowest BCUT2D eigenvalue weighted by atomic mass is 10.0. The Labute approximate surface area is 121 Å². The summed E-state index contributed by atoms with van der Waals surface area (Å²) in [5.41, 5.74) is 5.50. The van der Waals surface area contributed by atoms with Gasteiger partial charge in [-0.1, -0.05) is 31.2 Å². The number of benzene rings is 1. The van der Waals surface area contributed by atoms with Gasteiger partial charge in [0.1, 0.15) is 0 Å². The number of hydrogen-bond donors (Lipinski definition) is 1. The molecule has 20 heavy (non-hydrogen) atoms. The molecule has 0 amide bonds. The SMILES string of the molecule is CCNCc1cccc(Cn2cnc3c2CCCC3)c1. The molecule has 2 aromatic rings. The van der Waals surface area contributed by atoms with Gasteiger partial charge in [-0.2, -0.15) is 0 Å². The van der Waals surface area contributed by atoms with E-state index in [-0.39, 0.29) is 0 Å². The molecule has 0 bridgehead atoms. The Morgan fingerprint density at radius 3 is 2.95 bits per heavy atom. The van der Waals surface area contributed by atoms with E-state index in [0.29, 0.717) is 0 Å².